The highest BCUT2D eigenvalue weighted by Gasteiger charge is 2.34. The number of nitrogens with one attached hydrogen (secondary N) is 2. The topological polar surface area (TPSA) is 59.0 Å². The minimum atomic E-state index is -0.0999. The van der Waals surface area contributed by atoms with Gasteiger partial charge in [0.05, 0.1) is 5.69 Å². The van der Waals surface area contributed by atoms with E-state index in [0.717, 1.165) is 18.5 Å². The van der Waals surface area contributed by atoms with Gasteiger partial charge >= 0.3 is 0 Å². The van der Waals surface area contributed by atoms with Crippen molar-refractivity contribution in [3.63, 3.8) is 0 Å². The van der Waals surface area contributed by atoms with Gasteiger partial charge in [0.25, 0.3) is 5.91 Å². The second-order valence-corrected chi connectivity index (χ2v) is 6.84. The molecule has 2 unspecified atom stereocenters. The van der Waals surface area contributed by atoms with Gasteiger partial charge in [-0.1, -0.05) is 17.7 Å². The quantitative estimate of drug-likeness (QED) is 0.877. The molecule has 2 aliphatic heterocycles. The van der Waals surface area contributed by atoms with Crippen LogP contribution >= 0.6 is 24.0 Å². The van der Waals surface area contributed by atoms with Gasteiger partial charge in [0.2, 0.25) is 0 Å². The maximum absolute atomic E-state index is 12.4. The molecular formula is C17H20Cl2N4O. The fourth-order valence-electron chi connectivity index (χ4n) is 3.64. The second kappa shape index (κ2) is 7.13. The van der Waals surface area contributed by atoms with Crippen LogP contribution in [0.3, 0.4) is 0 Å². The van der Waals surface area contributed by atoms with Crippen LogP contribution < -0.4 is 10.6 Å². The van der Waals surface area contributed by atoms with Crippen molar-refractivity contribution in [2.75, 3.05) is 0 Å². The number of piperidine rings is 1. The first-order chi connectivity index (χ1) is 11.2. The molecule has 1 aromatic carbocycles. The van der Waals surface area contributed by atoms with E-state index in [1.807, 2.05) is 24.3 Å². The number of carbonyl (C=O) groups is 1. The Labute approximate surface area is 152 Å². The Morgan fingerprint density at radius 1 is 1.25 bits per heavy atom. The summed E-state index contributed by atoms with van der Waals surface area (Å²) in [5, 5.41) is 11.7. The lowest BCUT2D eigenvalue weighted by atomic mass is 10.00. The highest BCUT2D eigenvalue weighted by molar-refractivity contribution is 6.30. The van der Waals surface area contributed by atoms with Gasteiger partial charge in [-0.25, -0.2) is 4.68 Å². The first-order valence-electron chi connectivity index (χ1n) is 8.06. The summed E-state index contributed by atoms with van der Waals surface area (Å²) in [5.74, 6) is -0.0999. The zero-order chi connectivity index (χ0) is 15.8. The lowest BCUT2D eigenvalue weighted by molar-refractivity contribution is 0.0918. The zero-order valence-electron chi connectivity index (χ0n) is 13.1. The van der Waals surface area contributed by atoms with Gasteiger partial charge in [-0.05, 0) is 49.9 Å². The Bertz CT molecular complexity index is 721. The number of halogens is 2. The fourth-order valence-corrected chi connectivity index (χ4v) is 3.83. The molecule has 0 radical (unpaired) electrons. The monoisotopic (exact) mass is 366 g/mol. The molecule has 2 aromatic rings. The van der Waals surface area contributed by atoms with E-state index in [4.69, 9.17) is 11.6 Å². The third-order valence-electron chi connectivity index (χ3n) is 4.70. The molecule has 7 heteroatoms. The summed E-state index contributed by atoms with van der Waals surface area (Å²) < 4.78 is 1.67. The minimum absolute atomic E-state index is 0. The van der Waals surface area contributed by atoms with Gasteiger partial charge in [-0.15, -0.1) is 12.4 Å². The van der Waals surface area contributed by atoms with Crippen molar-refractivity contribution in [2.45, 2.75) is 43.8 Å². The normalized spacial score (nSPS) is 25.1. The molecule has 2 N–H and O–H groups in total. The Hall–Kier alpha value is -1.56. The Morgan fingerprint density at radius 2 is 2.00 bits per heavy atom. The SMILES string of the molecule is Cl.O=C(NC1CC2CCC(C1)N2)c1ccn(-c2cccc(Cl)c2)n1. The van der Waals surface area contributed by atoms with Crippen LogP contribution in [0.25, 0.3) is 5.69 Å². The van der Waals surface area contributed by atoms with Gasteiger partial charge in [0, 0.05) is 29.3 Å². The standard InChI is InChI=1S/C17H19ClN4O.ClH/c18-11-2-1-3-15(8-11)22-7-6-16(21-22)17(23)20-14-9-12-4-5-13(10-14)19-12;/h1-3,6-8,12-14,19H,4-5,9-10H2,(H,20,23);1H. The van der Waals surface area contributed by atoms with Crippen LogP contribution in [0.5, 0.6) is 0 Å². The van der Waals surface area contributed by atoms with Crippen LogP contribution in [0.15, 0.2) is 36.5 Å². The lowest BCUT2D eigenvalue weighted by Crippen LogP contribution is -2.48. The number of benzene rings is 1. The summed E-state index contributed by atoms with van der Waals surface area (Å²) in [6.07, 6.45) is 6.25. The lowest BCUT2D eigenvalue weighted by Gasteiger charge is -2.29. The van der Waals surface area contributed by atoms with Gasteiger partial charge in [0.15, 0.2) is 5.69 Å². The average molecular weight is 367 g/mol. The third kappa shape index (κ3) is 3.58. The Kier molecular flexibility index (Phi) is 5.13. The molecule has 0 aliphatic carbocycles. The summed E-state index contributed by atoms with van der Waals surface area (Å²) >= 11 is 6.00. The number of aromatic nitrogens is 2. The van der Waals surface area contributed by atoms with Crippen molar-refractivity contribution in [3.8, 4) is 5.69 Å². The number of hydrogen-bond acceptors (Lipinski definition) is 3. The van der Waals surface area contributed by atoms with E-state index < -0.39 is 0 Å². The van der Waals surface area contributed by atoms with Gasteiger partial charge in [-0.3, -0.25) is 4.79 Å². The zero-order valence-corrected chi connectivity index (χ0v) is 14.7. The summed E-state index contributed by atoms with van der Waals surface area (Å²) in [4.78, 5) is 12.4. The van der Waals surface area contributed by atoms with E-state index in [0.29, 0.717) is 22.8 Å². The molecule has 2 atom stereocenters. The first kappa shape index (κ1) is 17.3. The number of rotatable bonds is 3. The van der Waals surface area contributed by atoms with Crippen LogP contribution in [0.2, 0.25) is 5.02 Å². The molecule has 5 nitrogen and oxygen atoms in total. The van der Waals surface area contributed by atoms with Crippen molar-refractivity contribution in [1.82, 2.24) is 20.4 Å². The first-order valence-corrected chi connectivity index (χ1v) is 8.44. The summed E-state index contributed by atoms with van der Waals surface area (Å²) in [6, 6.07) is 10.5. The molecule has 2 saturated heterocycles. The second-order valence-electron chi connectivity index (χ2n) is 6.41. The predicted octanol–water partition coefficient (Wildman–Crippen LogP) is 2.96. The van der Waals surface area contributed by atoms with E-state index in [9.17, 15) is 4.79 Å². The summed E-state index contributed by atoms with van der Waals surface area (Å²) in [5.41, 5.74) is 1.28. The smallest absolute Gasteiger partial charge is 0.272 e. The molecule has 4 rings (SSSR count). The molecule has 0 spiro atoms. The van der Waals surface area contributed by atoms with Crippen molar-refractivity contribution >= 4 is 29.9 Å². The predicted molar refractivity (Wildman–Crippen MR) is 96.3 cm³/mol. The summed E-state index contributed by atoms with van der Waals surface area (Å²) in [7, 11) is 0. The number of hydrogen-bond donors (Lipinski definition) is 2. The van der Waals surface area contributed by atoms with Crippen molar-refractivity contribution < 1.29 is 4.79 Å². The van der Waals surface area contributed by atoms with Crippen LogP contribution in [0.4, 0.5) is 0 Å². The van der Waals surface area contributed by atoms with E-state index in [1.54, 1.807) is 16.9 Å². The molecule has 1 amide bonds. The molecule has 0 saturated carbocycles. The van der Waals surface area contributed by atoms with E-state index >= 15 is 0 Å². The molecule has 2 aliphatic rings. The molecule has 128 valence electrons. The number of amides is 1. The van der Waals surface area contributed by atoms with Gasteiger partial charge in [0.1, 0.15) is 0 Å². The van der Waals surface area contributed by atoms with Crippen LogP contribution in [0, 0.1) is 0 Å². The highest BCUT2D eigenvalue weighted by atomic mass is 35.5. The number of fused-ring (bicyclic) bond motifs is 2. The van der Waals surface area contributed by atoms with Crippen LogP contribution in [-0.4, -0.2) is 33.8 Å². The molecule has 3 heterocycles. The third-order valence-corrected chi connectivity index (χ3v) is 4.94. The fraction of sp³-hybridized carbons (Fsp3) is 0.412. The van der Waals surface area contributed by atoms with Crippen molar-refractivity contribution in [2.24, 2.45) is 0 Å². The number of carbonyl (C=O) groups excluding carboxylic acids is 1. The number of nitrogens with zero attached hydrogens (tertiary/aromatic N) is 2. The van der Waals surface area contributed by atoms with E-state index in [-0.39, 0.29) is 24.4 Å². The van der Waals surface area contributed by atoms with Crippen LogP contribution in [-0.2, 0) is 0 Å². The van der Waals surface area contributed by atoms with Crippen molar-refractivity contribution in [1.29, 1.82) is 0 Å². The summed E-state index contributed by atoms with van der Waals surface area (Å²) in [6.45, 7) is 0. The maximum Gasteiger partial charge on any atom is 0.272 e. The minimum Gasteiger partial charge on any atom is -0.348 e. The molecule has 24 heavy (non-hydrogen) atoms. The van der Waals surface area contributed by atoms with Crippen LogP contribution in [0.1, 0.15) is 36.2 Å². The van der Waals surface area contributed by atoms with E-state index in [1.165, 1.54) is 12.8 Å². The molecule has 2 fully saturated rings. The maximum atomic E-state index is 12.4. The largest absolute Gasteiger partial charge is 0.348 e. The molecule has 2 bridgehead atoms. The average Bonchev–Trinajstić information content (AvgIpc) is 3.14. The van der Waals surface area contributed by atoms with Crippen molar-refractivity contribution in [3.05, 3.63) is 47.2 Å². The Morgan fingerprint density at radius 3 is 2.71 bits per heavy atom. The molecule has 1 aromatic heterocycles. The molecular weight excluding hydrogens is 347 g/mol. The van der Waals surface area contributed by atoms with E-state index in [2.05, 4.69) is 15.7 Å². The van der Waals surface area contributed by atoms with Gasteiger partial charge < -0.3 is 10.6 Å². The highest BCUT2D eigenvalue weighted by Crippen LogP contribution is 2.26. The Balaban J connectivity index is 0.00000169. The van der Waals surface area contributed by atoms with Gasteiger partial charge in [-0.2, -0.15) is 5.10 Å².